The molecule has 0 bridgehead atoms. The standard InChI is InChI=1S/C16H17ClO2/c1-12(18)14-7-8-16(15(17)11-14)19-10-9-13-5-3-2-4-6-13/h2-8,11-12,18H,9-10H2,1H3/t12-/m0/s1. The molecule has 2 rings (SSSR count). The minimum absolute atomic E-state index is 0.518. The summed E-state index contributed by atoms with van der Waals surface area (Å²) in [6.07, 6.45) is 0.325. The molecule has 0 aliphatic carbocycles. The van der Waals surface area contributed by atoms with Crippen molar-refractivity contribution >= 4 is 11.6 Å². The van der Waals surface area contributed by atoms with E-state index in [4.69, 9.17) is 16.3 Å². The van der Waals surface area contributed by atoms with Gasteiger partial charge >= 0.3 is 0 Å². The normalized spacial score (nSPS) is 12.2. The summed E-state index contributed by atoms with van der Waals surface area (Å²) in [4.78, 5) is 0. The second-order valence-corrected chi connectivity index (χ2v) is 4.86. The summed E-state index contributed by atoms with van der Waals surface area (Å²) in [5.74, 6) is 0.655. The smallest absolute Gasteiger partial charge is 0.137 e. The Morgan fingerprint density at radius 1 is 1.16 bits per heavy atom. The molecule has 3 heteroatoms. The quantitative estimate of drug-likeness (QED) is 0.894. The van der Waals surface area contributed by atoms with E-state index in [0.717, 1.165) is 12.0 Å². The first-order valence-corrected chi connectivity index (χ1v) is 6.69. The average molecular weight is 277 g/mol. The molecular formula is C16H17ClO2. The molecule has 0 aliphatic heterocycles. The zero-order valence-corrected chi connectivity index (χ0v) is 11.6. The molecule has 1 atom stereocenters. The molecule has 0 spiro atoms. The van der Waals surface area contributed by atoms with Crippen molar-refractivity contribution in [1.82, 2.24) is 0 Å². The van der Waals surface area contributed by atoms with Crippen LogP contribution >= 0.6 is 11.6 Å². The van der Waals surface area contributed by atoms with E-state index in [1.807, 2.05) is 24.3 Å². The topological polar surface area (TPSA) is 29.5 Å². The van der Waals surface area contributed by atoms with E-state index in [9.17, 15) is 5.11 Å². The van der Waals surface area contributed by atoms with Crippen LogP contribution in [-0.2, 0) is 6.42 Å². The minimum Gasteiger partial charge on any atom is -0.492 e. The lowest BCUT2D eigenvalue weighted by molar-refractivity contribution is 0.199. The molecule has 0 fully saturated rings. The van der Waals surface area contributed by atoms with Crippen LogP contribution in [0.15, 0.2) is 48.5 Å². The van der Waals surface area contributed by atoms with E-state index in [1.165, 1.54) is 5.56 Å². The van der Waals surface area contributed by atoms with E-state index in [1.54, 1.807) is 19.1 Å². The molecule has 0 amide bonds. The Morgan fingerprint density at radius 2 is 1.89 bits per heavy atom. The third-order valence-electron chi connectivity index (χ3n) is 2.93. The highest BCUT2D eigenvalue weighted by molar-refractivity contribution is 6.32. The van der Waals surface area contributed by atoms with Gasteiger partial charge in [0.05, 0.1) is 17.7 Å². The number of benzene rings is 2. The molecule has 0 radical (unpaired) electrons. The third kappa shape index (κ3) is 3.98. The van der Waals surface area contributed by atoms with Gasteiger partial charge in [0, 0.05) is 6.42 Å². The molecular weight excluding hydrogens is 260 g/mol. The molecule has 100 valence electrons. The van der Waals surface area contributed by atoms with Gasteiger partial charge in [0.15, 0.2) is 0 Å². The lowest BCUT2D eigenvalue weighted by Gasteiger charge is -2.11. The van der Waals surface area contributed by atoms with Crippen LogP contribution in [0.25, 0.3) is 0 Å². The fraction of sp³-hybridized carbons (Fsp3) is 0.250. The lowest BCUT2D eigenvalue weighted by atomic mass is 10.1. The second-order valence-electron chi connectivity index (χ2n) is 4.45. The van der Waals surface area contributed by atoms with Crippen LogP contribution in [0.1, 0.15) is 24.2 Å². The Bertz CT molecular complexity index is 524. The van der Waals surface area contributed by atoms with Gasteiger partial charge in [-0.3, -0.25) is 0 Å². The van der Waals surface area contributed by atoms with Crippen molar-refractivity contribution in [1.29, 1.82) is 0 Å². The van der Waals surface area contributed by atoms with E-state index in [-0.39, 0.29) is 0 Å². The third-order valence-corrected chi connectivity index (χ3v) is 3.22. The molecule has 2 nitrogen and oxygen atoms in total. The van der Waals surface area contributed by atoms with Crippen LogP contribution in [0, 0.1) is 0 Å². The largest absolute Gasteiger partial charge is 0.492 e. The van der Waals surface area contributed by atoms with Gasteiger partial charge in [-0.25, -0.2) is 0 Å². The molecule has 0 heterocycles. The SMILES string of the molecule is C[C@H](O)c1ccc(OCCc2ccccc2)c(Cl)c1. The van der Waals surface area contributed by atoms with E-state index in [0.29, 0.717) is 17.4 Å². The summed E-state index contributed by atoms with van der Waals surface area (Å²) in [5.41, 5.74) is 2.03. The predicted molar refractivity (Wildman–Crippen MR) is 77.7 cm³/mol. The molecule has 1 N–H and O–H groups in total. The summed E-state index contributed by atoms with van der Waals surface area (Å²) in [7, 11) is 0. The van der Waals surface area contributed by atoms with Crippen molar-refractivity contribution in [3.63, 3.8) is 0 Å². The maximum atomic E-state index is 9.46. The monoisotopic (exact) mass is 276 g/mol. The summed E-state index contributed by atoms with van der Waals surface area (Å²) in [6, 6.07) is 15.5. The minimum atomic E-state index is -0.518. The summed E-state index contributed by atoms with van der Waals surface area (Å²) < 4.78 is 5.66. The molecule has 0 aromatic heterocycles. The van der Waals surface area contributed by atoms with Gasteiger partial charge in [-0.2, -0.15) is 0 Å². The van der Waals surface area contributed by atoms with Crippen molar-refractivity contribution in [2.24, 2.45) is 0 Å². The number of hydrogen-bond donors (Lipinski definition) is 1. The molecule has 0 aliphatic rings. The van der Waals surface area contributed by atoms with Gasteiger partial charge in [-0.15, -0.1) is 0 Å². The van der Waals surface area contributed by atoms with Crippen LogP contribution < -0.4 is 4.74 Å². The van der Waals surface area contributed by atoms with E-state index >= 15 is 0 Å². The molecule has 19 heavy (non-hydrogen) atoms. The number of hydrogen-bond acceptors (Lipinski definition) is 2. The maximum Gasteiger partial charge on any atom is 0.137 e. The summed E-state index contributed by atoms with van der Waals surface area (Å²) in [6.45, 7) is 2.29. The fourth-order valence-electron chi connectivity index (χ4n) is 1.82. The molecule has 0 unspecified atom stereocenters. The maximum absolute atomic E-state index is 9.46. The summed E-state index contributed by atoms with van der Waals surface area (Å²) in [5, 5.41) is 10.00. The van der Waals surface area contributed by atoms with E-state index in [2.05, 4.69) is 12.1 Å². The number of halogens is 1. The number of ether oxygens (including phenoxy) is 1. The lowest BCUT2D eigenvalue weighted by Crippen LogP contribution is -2.02. The van der Waals surface area contributed by atoms with Gasteiger partial charge in [0.25, 0.3) is 0 Å². The summed E-state index contributed by atoms with van der Waals surface area (Å²) >= 11 is 6.12. The van der Waals surface area contributed by atoms with Crippen molar-refractivity contribution in [2.75, 3.05) is 6.61 Å². The van der Waals surface area contributed by atoms with Crippen LogP contribution in [-0.4, -0.2) is 11.7 Å². The van der Waals surface area contributed by atoms with Gasteiger partial charge in [0.2, 0.25) is 0 Å². The van der Waals surface area contributed by atoms with Crippen LogP contribution in [0.3, 0.4) is 0 Å². The van der Waals surface area contributed by atoms with Crippen molar-refractivity contribution in [2.45, 2.75) is 19.4 Å². The Hall–Kier alpha value is -1.51. The number of aliphatic hydroxyl groups excluding tert-OH is 1. The molecule has 2 aromatic rings. The number of rotatable bonds is 5. The van der Waals surface area contributed by atoms with Crippen molar-refractivity contribution < 1.29 is 9.84 Å². The van der Waals surface area contributed by atoms with E-state index < -0.39 is 6.10 Å². The highest BCUT2D eigenvalue weighted by Crippen LogP contribution is 2.27. The van der Waals surface area contributed by atoms with Gasteiger partial charge in [-0.05, 0) is 30.2 Å². The average Bonchev–Trinajstić information content (AvgIpc) is 2.41. The highest BCUT2D eigenvalue weighted by atomic mass is 35.5. The zero-order chi connectivity index (χ0) is 13.7. The zero-order valence-electron chi connectivity index (χ0n) is 10.8. The van der Waals surface area contributed by atoms with Crippen LogP contribution in [0.2, 0.25) is 5.02 Å². The van der Waals surface area contributed by atoms with Crippen molar-refractivity contribution in [3.05, 3.63) is 64.7 Å². The van der Waals surface area contributed by atoms with Gasteiger partial charge in [-0.1, -0.05) is 48.0 Å². The van der Waals surface area contributed by atoms with Crippen molar-refractivity contribution in [3.8, 4) is 5.75 Å². The van der Waals surface area contributed by atoms with Gasteiger partial charge in [0.1, 0.15) is 5.75 Å². The number of aliphatic hydroxyl groups is 1. The molecule has 0 saturated carbocycles. The Balaban J connectivity index is 1.93. The Kier molecular flexibility index (Phi) is 4.83. The Labute approximate surface area is 118 Å². The molecule has 0 saturated heterocycles. The van der Waals surface area contributed by atoms with Crippen LogP contribution in [0.5, 0.6) is 5.75 Å². The van der Waals surface area contributed by atoms with Gasteiger partial charge < -0.3 is 9.84 Å². The second kappa shape index (κ2) is 6.60. The Morgan fingerprint density at radius 3 is 2.53 bits per heavy atom. The van der Waals surface area contributed by atoms with Crippen LogP contribution in [0.4, 0.5) is 0 Å². The highest BCUT2D eigenvalue weighted by Gasteiger charge is 2.06. The fourth-order valence-corrected chi connectivity index (χ4v) is 2.06. The first-order valence-electron chi connectivity index (χ1n) is 6.31. The molecule has 2 aromatic carbocycles. The first kappa shape index (κ1) is 13.9. The predicted octanol–water partition coefficient (Wildman–Crippen LogP) is 4.01. The first-order chi connectivity index (χ1) is 9.16.